The summed E-state index contributed by atoms with van der Waals surface area (Å²) in [6.07, 6.45) is 1.57. The number of rotatable bonds is 3. The smallest absolute Gasteiger partial charge is 0.324 e. The number of pyridine rings is 2. The van der Waals surface area contributed by atoms with Gasteiger partial charge in [-0.3, -0.25) is 19.4 Å². The first-order valence-corrected chi connectivity index (χ1v) is 7.91. The summed E-state index contributed by atoms with van der Waals surface area (Å²) in [6.45, 7) is 0. The third-order valence-corrected chi connectivity index (χ3v) is 4.00. The topological polar surface area (TPSA) is 109 Å². The molecule has 3 aromatic rings. The highest BCUT2D eigenvalue weighted by atomic mass is 16.7. The lowest BCUT2D eigenvalue weighted by Crippen LogP contribution is -2.34. The maximum absolute atomic E-state index is 12.3. The van der Waals surface area contributed by atoms with Crippen LogP contribution in [0.5, 0.6) is 0 Å². The number of nitrogens with one attached hydrogen (secondary N) is 1. The van der Waals surface area contributed by atoms with Crippen molar-refractivity contribution in [2.75, 3.05) is 0 Å². The zero-order chi connectivity index (χ0) is 19.0. The van der Waals surface area contributed by atoms with Crippen LogP contribution in [0.15, 0.2) is 65.6 Å². The highest BCUT2D eigenvalue weighted by molar-refractivity contribution is 6.21. The van der Waals surface area contributed by atoms with E-state index < -0.39 is 23.3 Å². The van der Waals surface area contributed by atoms with Gasteiger partial charge in [0.05, 0.1) is 22.5 Å². The fraction of sp³-hybridized carbons (Fsp3) is 0. The number of hydrogen-bond donors (Lipinski definition) is 1. The van der Waals surface area contributed by atoms with Crippen molar-refractivity contribution in [3.05, 3.63) is 87.8 Å². The lowest BCUT2D eigenvalue weighted by atomic mass is 10.1. The third-order valence-electron chi connectivity index (χ3n) is 4.00. The largest absolute Gasteiger partial charge is 0.369 e. The molecule has 0 saturated carbocycles. The first kappa shape index (κ1) is 16.4. The summed E-state index contributed by atoms with van der Waals surface area (Å²) >= 11 is 0. The van der Waals surface area contributed by atoms with Crippen molar-refractivity contribution in [3.8, 4) is 11.4 Å². The van der Waals surface area contributed by atoms with Gasteiger partial charge in [-0.25, -0.2) is 4.79 Å². The Labute approximate surface area is 152 Å². The zero-order valence-corrected chi connectivity index (χ0v) is 13.7. The Balaban J connectivity index is 1.59. The molecule has 0 bridgehead atoms. The molecule has 8 nitrogen and oxygen atoms in total. The molecular weight excluding hydrogens is 350 g/mol. The number of imide groups is 1. The van der Waals surface area contributed by atoms with Crippen LogP contribution in [0.3, 0.4) is 0 Å². The number of benzene rings is 1. The molecule has 3 heterocycles. The number of hydrogen-bond acceptors (Lipinski definition) is 6. The molecule has 0 radical (unpaired) electrons. The van der Waals surface area contributed by atoms with Crippen molar-refractivity contribution in [2.45, 2.75) is 0 Å². The molecule has 0 aliphatic carbocycles. The second-order valence-electron chi connectivity index (χ2n) is 5.66. The van der Waals surface area contributed by atoms with Gasteiger partial charge in [-0.1, -0.05) is 23.3 Å². The van der Waals surface area contributed by atoms with Gasteiger partial charge >= 0.3 is 5.97 Å². The average molecular weight is 361 g/mol. The predicted octanol–water partition coefficient (Wildman–Crippen LogP) is 1.80. The van der Waals surface area contributed by atoms with E-state index in [9.17, 15) is 19.2 Å². The van der Waals surface area contributed by atoms with E-state index in [0.717, 1.165) is 0 Å². The van der Waals surface area contributed by atoms with Crippen LogP contribution in [-0.2, 0) is 4.84 Å². The monoisotopic (exact) mass is 361 g/mol. The first-order chi connectivity index (χ1) is 13.1. The van der Waals surface area contributed by atoms with Crippen LogP contribution in [0.1, 0.15) is 31.1 Å². The quantitative estimate of drug-likeness (QED) is 0.713. The standard InChI is InChI=1S/C19H11N3O5/c23-16-13(8-9-15(21-16)14-7-3-4-10-20-14)19(26)27-22-17(24)11-5-1-2-6-12(11)18(22)25/h1-10H,(H,21,23). The number of aromatic amines is 1. The van der Waals surface area contributed by atoms with Crippen LogP contribution in [0.4, 0.5) is 0 Å². The van der Waals surface area contributed by atoms with E-state index in [2.05, 4.69) is 9.97 Å². The zero-order valence-electron chi connectivity index (χ0n) is 13.7. The molecule has 8 heteroatoms. The van der Waals surface area contributed by atoms with Gasteiger partial charge in [-0.2, -0.15) is 0 Å². The fourth-order valence-electron chi connectivity index (χ4n) is 2.69. The molecule has 0 spiro atoms. The Morgan fingerprint density at radius 3 is 2.15 bits per heavy atom. The van der Waals surface area contributed by atoms with Crippen molar-refractivity contribution >= 4 is 17.8 Å². The lowest BCUT2D eigenvalue weighted by molar-refractivity contribution is -0.0585. The predicted molar refractivity (Wildman–Crippen MR) is 92.7 cm³/mol. The molecule has 1 N–H and O–H groups in total. The van der Waals surface area contributed by atoms with Gasteiger partial charge in [0.25, 0.3) is 17.4 Å². The molecule has 2 aromatic heterocycles. The van der Waals surface area contributed by atoms with Gasteiger partial charge in [0.1, 0.15) is 5.56 Å². The summed E-state index contributed by atoms with van der Waals surface area (Å²) < 4.78 is 0. The fourth-order valence-corrected chi connectivity index (χ4v) is 2.69. The maximum atomic E-state index is 12.3. The summed E-state index contributed by atoms with van der Waals surface area (Å²) in [4.78, 5) is 60.5. The Morgan fingerprint density at radius 2 is 1.56 bits per heavy atom. The van der Waals surface area contributed by atoms with Crippen molar-refractivity contribution in [1.82, 2.24) is 15.0 Å². The highest BCUT2D eigenvalue weighted by Crippen LogP contribution is 2.23. The number of carbonyl (C=O) groups is 3. The van der Waals surface area contributed by atoms with Gasteiger partial charge in [-0.05, 0) is 36.4 Å². The molecule has 132 valence electrons. The number of nitrogens with zero attached hydrogens (tertiary/aromatic N) is 2. The summed E-state index contributed by atoms with van der Waals surface area (Å²) in [7, 11) is 0. The minimum atomic E-state index is -1.11. The van der Waals surface area contributed by atoms with E-state index >= 15 is 0 Å². The minimum Gasteiger partial charge on any atom is -0.324 e. The van der Waals surface area contributed by atoms with Crippen molar-refractivity contribution < 1.29 is 19.2 Å². The molecule has 0 unspecified atom stereocenters. The normalized spacial score (nSPS) is 12.8. The number of amides is 2. The van der Waals surface area contributed by atoms with E-state index in [4.69, 9.17) is 4.84 Å². The van der Waals surface area contributed by atoms with E-state index in [1.165, 1.54) is 24.3 Å². The number of hydroxylamine groups is 2. The summed E-state index contributed by atoms with van der Waals surface area (Å²) in [5, 5.41) is 0.360. The van der Waals surface area contributed by atoms with Crippen LogP contribution >= 0.6 is 0 Å². The molecule has 1 aliphatic rings. The van der Waals surface area contributed by atoms with Crippen molar-refractivity contribution in [3.63, 3.8) is 0 Å². The Hall–Kier alpha value is -4.07. The maximum Gasteiger partial charge on any atom is 0.369 e. The van der Waals surface area contributed by atoms with Crippen LogP contribution in [0.25, 0.3) is 11.4 Å². The summed E-state index contributed by atoms with van der Waals surface area (Å²) in [6, 6.07) is 14.0. The second kappa shape index (κ2) is 6.34. The first-order valence-electron chi connectivity index (χ1n) is 7.91. The van der Waals surface area contributed by atoms with Gasteiger partial charge in [-0.15, -0.1) is 0 Å². The molecule has 0 fully saturated rings. The number of H-pyrrole nitrogens is 1. The van der Waals surface area contributed by atoms with Crippen molar-refractivity contribution in [1.29, 1.82) is 0 Å². The van der Waals surface area contributed by atoms with E-state index in [-0.39, 0.29) is 16.7 Å². The van der Waals surface area contributed by atoms with Gasteiger partial charge < -0.3 is 9.82 Å². The second-order valence-corrected chi connectivity index (χ2v) is 5.66. The highest BCUT2D eigenvalue weighted by Gasteiger charge is 2.39. The average Bonchev–Trinajstić information content (AvgIpc) is 2.93. The molecule has 2 amide bonds. The van der Waals surface area contributed by atoms with E-state index in [1.54, 1.807) is 36.5 Å². The summed E-state index contributed by atoms with van der Waals surface area (Å²) in [5.74, 6) is -2.63. The van der Waals surface area contributed by atoms with Crippen LogP contribution in [-0.4, -0.2) is 32.8 Å². The lowest BCUT2D eigenvalue weighted by Gasteiger charge is -2.12. The number of fused-ring (bicyclic) bond motifs is 1. The van der Waals surface area contributed by atoms with Gasteiger partial charge in [0.15, 0.2) is 0 Å². The van der Waals surface area contributed by atoms with Crippen LogP contribution in [0, 0.1) is 0 Å². The molecule has 1 aromatic carbocycles. The Bertz CT molecular complexity index is 1100. The molecule has 1 aliphatic heterocycles. The third kappa shape index (κ3) is 2.78. The van der Waals surface area contributed by atoms with Crippen LogP contribution < -0.4 is 5.56 Å². The summed E-state index contributed by atoms with van der Waals surface area (Å²) in [5.41, 5.74) is 0.142. The van der Waals surface area contributed by atoms with E-state index in [1.807, 2.05) is 0 Å². The molecule has 0 atom stereocenters. The Kier molecular flexibility index (Phi) is 3.85. The number of carbonyl (C=O) groups excluding carboxylic acids is 3. The van der Waals surface area contributed by atoms with Gasteiger partial charge in [0, 0.05) is 6.20 Å². The van der Waals surface area contributed by atoms with Gasteiger partial charge in [0.2, 0.25) is 0 Å². The SMILES string of the molecule is O=C(ON1C(=O)c2ccccc2C1=O)c1ccc(-c2ccccn2)[nH]c1=O. The molecule has 27 heavy (non-hydrogen) atoms. The minimum absolute atomic E-state index is 0.134. The van der Waals surface area contributed by atoms with Crippen molar-refractivity contribution in [2.24, 2.45) is 0 Å². The molecule has 4 rings (SSSR count). The Morgan fingerprint density at radius 1 is 0.889 bits per heavy atom. The molecular formula is C19H11N3O5. The van der Waals surface area contributed by atoms with Crippen LogP contribution in [0.2, 0.25) is 0 Å². The molecule has 0 saturated heterocycles. The number of aromatic nitrogens is 2. The van der Waals surface area contributed by atoms with E-state index in [0.29, 0.717) is 16.5 Å².